The van der Waals surface area contributed by atoms with Crippen molar-refractivity contribution in [2.75, 3.05) is 13.6 Å². The van der Waals surface area contributed by atoms with E-state index in [1.807, 2.05) is 25.1 Å². The molecule has 20 heavy (non-hydrogen) atoms. The molecule has 0 aliphatic rings. The van der Waals surface area contributed by atoms with Crippen LogP contribution in [0.25, 0.3) is 5.82 Å². The first-order valence-electron chi connectivity index (χ1n) is 6.40. The van der Waals surface area contributed by atoms with E-state index in [0.29, 0.717) is 11.4 Å². The van der Waals surface area contributed by atoms with Crippen molar-refractivity contribution in [1.29, 1.82) is 0 Å². The van der Waals surface area contributed by atoms with Crippen molar-refractivity contribution in [3.05, 3.63) is 41.9 Å². The highest BCUT2D eigenvalue weighted by atomic mass is 16.3. The average Bonchev–Trinajstić information content (AvgIpc) is 2.80. The lowest BCUT2D eigenvalue weighted by Gasteiger charge is -2.18. The number of amides is 1. The first kappa shape index (κ1) is 14.2. The van der Waals surface area contributed by atoms with Crippen molar-refractivity contribution >= 4 is 5.91 Å². The van der Waals surface area contributed by atoms with Crippen LogP contribution in [0.2, 0.25) is 0 Å². The van der Waals surface area contributed by atoms with Crippen molar-refractivity contribution in [2.24, 2.45) is 0 Å². The minimum Gasteiger partial charge on any atom is -0.392 e. The Kier molecular flexibility index (Phi) is 4.14. The Hall–Kier alpha value is -2.21. The Morgan fingerprint density at radius 3 is 2.85 bits per heavy atom. The van der Waals surface area contributed by atoms with Crippen LogP contribution in [-0.4, -0.2) is 50.4 Å². The molecule has 0 aliphatic heterocycles. The second kappa shape index (κ2) is 5.83. The molecule has 1 amide bonds. The van der Waals surface area contributed by atoms with Gasteiger partial charge in [-0.3, -0.25) is 4.79 Å². The van der Waals surface area contributed by atoms with Gasteiger partial charge in [0.1, 0.15) is 0 Å². The highest BCUT2D eigenvalue weighted by Crippen LogP contribution is 2.14. The quantitative estimate of drug-likeness (QED) is 0.904. The van der Waals surface area contributed by atoms with Gasteiger partial charge in [0, 0.05) is 19.8 Å². The maximum atomic E-state index is 12.3. The summed E-state index contributed by atoms with van der Waals surface area (Å²) in [5.74, 6) is 0.507. The van der Waals surface area contributed by atoms with Crippen LogP contribution >= 0.6 is 0 Å². The monoisotopic (exact) mass is 274 g/mol. The average molecular weight is 274 g/mol. The summed E-state index contributed by atoms with van der Waals surface area (Å²) in [7, 11) is 1.66. The van der Waals surface area contributed by atoms with E-state index in [1.54, 1.807) is 24.9 Å². The Labute approximate surface area is 117 Å². The normalized spacial score (nSPS) is 12.2. The summed E-state index contributed by atoms with van der Waals surface area (Å²) in [5, 5.41) is 13.6. The fourth-order valence-electron chi connectivity index (χ4n) is 2.01. The van der Waals surface area contributed by atoms with Crippen LogP contribution < -0.4 is 0 Å². The predicted molar refractivity (Wildman–Crippen MR) is 74.7 cm³/mol. The fraction of sp³-hybridized carbons (Fsp3) is 0.357. The summed E-state index contributed by atoms with van der Waals surface area (Å²) in [6, 6.07) is 5.52. The molecule has 106 valence electrons. The molecule has 0 aliphatic carbocycles. The number of carbonyl (C=O) groups excluding carboxylic acids is 1. The van der Waals surface area contributed by atoms with Crippen molar-refractivity contribution in [1.82, 2.24) is 19.7 Å². The first-order chi connectivity index (χ1) is 9.50. The Morgan fingerprint density at radius 1 is 1.50 bits per heavy atom. The predicted octanol–water partition coefficient (Wildman–Crippen LogP) is 1.03. The van der Waals surface area contributed by atoms with Crippen molar-refractivity contribution in [3.63, 3.8) is 0 Å². The Morgan fingerprint density at radius 2 is 2.25 bits per heavy atom. The molecule has 1 N–H and O–H groups in total. The van der Waals surface area contributed by atoms with E-state index in [2.05, 4.69) is 10.1 Å². The van der Waals surface area contributed by atoms with Gasteiger partial charge in [-0.2, -0.15) is 5.10 Å². The lowest BCUT2D eigenvalue weighted by Crippen LogP contribution is -2.33. The number of aliphatic hydroxyl groups is 1. The zero-order chi connectivity index (χ0) is 14.7. The second-order valence-electron chi connectivity index (χ2n) is 4.78. The number of pyridine rings is 1. The molecule has 2 heterocycles. The van der Waals surface area contributed by atoms with Gasteiger partial charge in [-0.05, 0) is 26.0 Å². The van der Waals surface area contributed by atoms with Crippen LogP contribution in [0.5, 0.6) is 0 Å². The zero-order valence-corrected chi connectivity index (χ0v) is 11.8. The largest absolute Gasteiger partial charge is 0.392 e. The summed E-state index contributed by atoms with van der Waals surface area (Å²) in [6.07, 6.45) is 2.65. The van der Waals surface area contributed by atoms with Crippen molar-refractivity contribution < 1.29 is 9.90 Å². The lowest BCUT2D eigenvalue weighted by atomic mass is 10.2. The van der Waals surface area contributed by atoms with Crippen molar-refractivity contribution in [2.45, 2.75) is 20.0 Å². The van der Waals surface area contributed by atoms with E-state index < -0.39 is 6.10 Å². The topological polar surface area (TPSA) is 71.2 Å². The second-order valence-corrected chi connectivity index (χ2v) is 4.78. The number of nitrogens with zero attached hydrogens (tertiary/aromatic N) is 4. The molecule has 2 aromatic heterocycles. The van der Waals surface area contributed by atoms with Gasteiger partial charge >= 0.3 is 0 Å². The van der Waals surface area contributed by atoms with Gasteiger partial charge in [0.2, 0.25) is 0 Å². The van der Waals surface area contributed by atoms with Crippen LogP contribution in [0.3, 0.4) is 0 Å². The molecule has 0 bridgehead atoms. The molecule has 6 heteroatoms. The Bertz CT molecular complexity index is 592. The maximum absolute atomic E-state index is 12.3. The van der Waals surface area contributed by atoms with Gasteiger partial charge in [0.25, 0.3) is 5.91 Å². The van der Waals surface area contributed by atoms with E-state index in [-0.39, 0.29) is 12.5 Å². The van der Waals surface area contributed by atoms with Gasteiger partial charge in [0.15, 0.2) is 5.82 Å². The molecule has 1 atom stereocenters. The summed E-state index contributed by atoms with van der Waals surface area (Å²) in [4.78, 5) is 18.0. The molecule has 6 nitrogen and oxygen atoms in total. The van der Waals surface area contributed by atoms with E-state index >= 15 is 0 Å². The molecule has 0 aromatic carbocycles. The summed E-state index contributed by atoms with van der Waals surface area (Å²) in [5.41, 5.74) is 1.24. The minimum atomic E-state index is -0.560. The van der Waals surface area contributed by atoms with E-state index in [0.717, 1.165) is 5.69 Å². The van der Waals surface area contributed by atoms with Gasteiger partial charge in [0.05, 0.1) is 23.6 Å². The van der Waals surface area contributed by atoms with Gasteiger partial charge in [-0.25, -0.2) is 9.67 Å². The maximum Gasteiger partial charge on any atom is 0.257 e. The summed E-state index contributed by atoms with van der Waals surface area (Å²) < 4.78 is 1.63. The van der Waals surface area contributed by atoms with Crippen LogP contribution in [0, 0.1) is 6.92 Å². The molecular weight excluding hydrogens is 256 g/mol. The molecule has 1 unspecified atom stereocenters. The number of carbonyl (C=O) groups is 1. The summed E-state index contributed by atoms with van der Waals surface area (Å²) >= 11 is 0. The highest BCUT2D eigenvalue weighted by Gasteiger charge is 2.19. The minimum absolute atomic E-state index is 0.161. The van der Waals surface area contributed by atoms with E-state index in [9.17, 15) is 9.90 Å². The number of aliphatic hydroxyl groups excluding tert-OH is 1. The van der Waals surface area contributed by atoms with Crippen LogP contribution in [0.15, 0.2) is 30.6 Å². The molecule has 0 fully saturated rings. The molecule has 0 radical (unpaired) electrons. The van der Waals surface area contributed by atoms with Gasteiger partial charge in [-0.1, -0.05) is 6.07 Å². The smallest absolute Gasteiger partial charge is 0.257 e. The lowest BCUT2D eigenvalue weighted by molar-refractivity contribution is 0.0703. The highest BCUT2D eigenvalue weighted by molar-refractivity contribution is 5.95. The SMILES string of the molecule is Cc1c(C(=O)N(C)CC(C)O)cnn1-c1ccccn1. The first-order valence-corrected chi connectivity index (χ1v) is 6.40. The van der Waals surface area contributed by atoms with Crippen LogP contribution in [-0.2, 0) is 0 Å². The van der Waals surface area contributed by atoms with E-state index in [1.165, 1.54) is 11.1 Å². The number of likely N-dealkylation sites (N-methyl/N-ethyl adjacent to an activating group) is 1. The third-order valence-corrected chi connectivity index (χ3v) is 2.99. The number of hydrogen-bond acceptors (Lipinski definition) is 4. The van der Waals surface area contributed by atoms with Crippen LogP contribution in [0.4, 0.5) is 0 Å². The number of aromatic nitrogens is 3. The summed E-state index contributed by atoms with van der Waals surface area (Å²) in [6.45, 7) is 3.76. The molecule has 0 spiro atoms. The molecule has 2 aromatic rings. The number of hydrogen-bond donors (Lipinski definition) is 1. The third kappa shape index (κ3) is 2.85. The molecule has 0 saturated carbocycles. The van der Waals surface area contributed by atoms with Gasteiger partial charge in [-0.15, -0.1) is 0 Å². The standard InChI is InChI=1S/C14H18N4O2/c1-10(19)9-17(3)14(20)12-8-16-18(11(12)2)13-6-4-5-7-15-13/h4-8,10,19H,9H2,1-3H3. The van der Waals surface area contributed by atoms with Gasteiger partial charge < -0.3 is 10.0 Å². The zero-order valence-electron chi connectivity index (χ0n) is 11.8. The van der Waals surface area contributed by atoms with Crippen molar-refractivity contribution in [3.8, 4) is 5.82 Å². The Balaban J connectivity index is 2.27. The molecular formula is C14H18N4O2. The number of rotatable bonds is 4. The fourth-order valence-corrected chi connectivity index (χ4v) is 2.01. The molecule has 0 saturated heterocycles. The van der Waals surface area contributed by atoms with E-state index in [4.69, 9.17) is 0 Å². The third-order valence-electron chi connectivity index (χ3n) is 2.99. The molecule has 2 rings (SSSR count). The van der Waals surface area contributed by atoms with Crippen LogP contribution in [0.1, 0.15) is 23.0 Å².